The molecule has 2 N–H and O–H groups in total. The number of rotatable bonds is 3. The lowest BCUT2D eigenvalue weighted by Crippen LogP contribution is -2.15. The molecule has 0 fully saturated rings. The summed E-state index contributed by atoms with van der Waals surface area (Å²) in [5.74, 6) is -0.230. The van der Waals surface area contributed by atoms with Crippen molar-refractivity contribution in [3.05, 3.63) is 71.0 Å². The van der Waals surface area contributed by atoms with Crippen LogP contribution in [-0.4, -0.2) is 0 Å². The lowest BCUT2D eigenvalue weighted by molar-refractivity contribution is 0.579. The minimum Gasteiger partial charge on any atom is -0.324 e. The molecule has 0 saturated heterocycles. The molecule has 2 rings (SSSR count). The summed E-state index contributed by atoms with van der Waals surface area (Å²) in [6.45, 7) is 6.56. The van der Waals surface area contributed by atoms with Gasteiger partial charge in [-0.25, -0.2) is 4.39 Å². The molecule has 2 aromatic carbocycles. The first kappa shape index (κ1) is 14.7. The average Bonchev–Trinajstić information content (AvgIpc) is 2.38. The molecule has 0 aromatic heterocycles. The summed E-state index contributed by atoms with van der Waals surface area (Å²) in [6.07, 6.45) is 0.644. The first-order valence-corrected chi connectivity index (χ1v) is 6.97. The Morgan fingerprint density at radius 1 is 1.00 bits per heavy atom. The predicted molar refractivity (Wildman–Crippen MR) is 82.2 cm³/mol. The van der Waals surface area contributed by atoms with Crippen LogP contribution in [0.2, 0.25) is 0 Å². The van der Waals surface area contributed by atoms with Gasteiger partial charge < -0.3 is 5.73 Å². The Kier molecular flexibility index (Phi) is 4.24. The van der Waals surface area contributed by atoms with Gasteiger partial charge in [0.05, 0.1) is 0 Å². The largest absolute Gasteiger partial charge is 0.324 e. The third kappa shape index (κ3) is 3.45. The highest BCUT2D eigenvalue weighted by Gasteiger charge is 2.14. The van der Waals surface area contributed by atoms with E-state index in [9.17, 15) is 4.39 Å². The molecule has 0 radical (unpaired) electrons. The molecule has 0 amide bonds. The summed E-state index contributed by atoms with van der Waals surface area (Å²) in [4.78, 5) is 0. The maximum absolute atomic E-state index is 13.7. The van der Waals surface area contributed by atoms with Crippen LogP contribution in [0, 0.1) is 5.82 Å². The Morgan fingerprint density at radius 3 is 2.15 bits per heavy atom. The lowest BCUT2D eigenvalue weighted by atomic mass is 9.86. The third-order valence-electron chi connectivity index (χ3n) is 3.58. The van der Waals surface area contributed by atoms with Gasteiger partial charge in [-0.05, 0) is 29.0 Å². The Balaban J connectivity index is 2.13. The lowest BCUT2D eigenvalue weighted by Gasteiger charge is -2.19. The van der Waals surface area contributed by atoms with Gasteiger partial charge >= 0.3 is 0 Å². The fraction of sp³-hybridized carbons (Fsp3) is 0.333. The number of hydrogen-bond donors (Lipinski definition) is 1. The van der Waals surface area contributed by atoms with E-state index in [-0.39, 0.29) is 17.3 Å². The van der Waals surface area contributed by atoms with E-state index in [1.807, 2.05) is 6.07 Å². The zero-order valence-corrected chi connectivity index (χ0v) is 12.4. The first-order valence-electron chi connectivity index (χ1n) is 6.97. The van der Waals surface area contributed by atoms with Gasteiger partial charge in [-0.15, -0.1) is 0 Å². The van der Waals surface area contributed by atoms with E-state index in [2.05, 4.69) is 45.0 Å². The van der Waals surface area contributed by atoms with Gasteiger partial charge in [-0.3, -0.25) is 0 Å². The highest BCUT2D eigenvalue weighted by atomic mass is 19.1. The normalized spacial score (nSPS) is 13.2. The van der Waals surface area contributed by atoms with Crippen LogP contribution >= 0.6 is 0 Å². The Morgan fingerprint density at radius 2 is 1.60 bits per heavy atom. The van der Waals surface area contributed by atoms with E-state index in [0.29, 0.717) is 12.0 Å². The minimum atomic E-state index is -0.309. The van der Waals surface area contributed by atoms with E-state index in [0.717, 1.165) is 5.56 Å². The molecule has 0 bridgehead atoms. The first-order chi connectivity index (χ1) is 9.38. The van der Waals surface area contributed by atoms with Crippen LogP contribution in [0.25, 0.3) is 0 Å². The van der Waals surface area contributed by atoms with Gasteiger partial charge in [0.1, 0.15) is 5.82 Å². The van der Waals surface area contributed by atoms with Crippen molar-refractivity contribution in [2.75, 3.05) is 0 Å². The summed E-state index contributed by atoms with van der Waals surface area (Å²) in [6, 6.07) is 14.8. The summed E-state index contributed by atoms with van der Waals surface area (Å²) in [5.41, 5.74) is 9.26. The van der Waals surface area contributed by atoms with E-state index < -0.39 is 0 Å². The van der Waals surface area contributed by atoms with Crippen LogP contribution in [-0.2, 0) is 11.8 Å². The summed E-state index contributed by atoms with van der Waals surface area (Å²) >= 11 is 0. The molecule has 20 heavy (non-hydrogen) atoms. The van der Waals surface area contributed by atoms with Gasteiger partial charge in [0.2, 0.25) is 0 Å². The molecule has 0 aliphatic heterocycles. The number of hydrogen-bond acceptors (Lipinski definition) is 1. The van der Waals surface area contributed by atoms with E-state index in [1.165, 1.54) is 11.6 Å². The molecule has 0 aliphatic rings. The van der Waals surface area contributed by atoms with Crippen molar-refractivity contribution >= 4 is 0 Å². The highest BCUT2D eigenvalue weighted by Crippen LogP contribution is 2.24. The number of benzene rings is 2. The van der Waals surface area contributed by atoms with E-state index in [1.54, 1.807) is 12.1 Å². The van der Waals surface area contributed by atoms with Gasteiger partial charge in [0, 0.05) is 11.6 Å². The predicted octanol–water partition coefficient (Wildman–Crippen LogP) is 4.37. The number of halogens is 1. The zero-order valence-electron chi connectivity index (χ0n) is 12.4. The Hall–Kier alpha value is -1.67. The van der Waals surface area contributed by atoms with Gasteiger partial charge in [0.15, 0.2) is 0 Å². The quantitative estimate of drug-likeness (QED) is 0.881. The molecule has 0 heterocycles. The van der Waals surface area contributed by atoms with Crippen molar-refractivity contribution < 1.29 is 4.39 Å². The second-order valence-electron chi connectivity index (χ2n) is 6.28. The average molecular weight is 271 g/mol. The van der Waals surface area contributed by atoms with Gasteiger partial charge in [-0.2, -0.15) is 0 Å². The van der Waals surface area contributed by atoms with Crippen LogP contribution in [0.1, 0.15) is 43.5 Å². The number of nitrogens with two attached hydrogens (primary N) is 1. The van der Waals surface area contributed by atoms with Crippen molar-refractivity contribution in [2.45, 2.75) is 38.6 Å². The van der Waals surface area contributed by atoms with Crippen LogP contribution in [0.3, 0.4) is 0 Å². The Labute approximate surface area is 120 Å². The second kappa shape index (κ2) is 5.76. The maximum atomic E-state index is 13.7. The summed E-state index contributed by atoms with van der Waals surface area (Å²) in [7, 11) is 0. The van der Waals surface area contributed by atoms with Crippen molar-refractivity contribution in [2.24, 2.45) is 5.73 Å². The minimum absolute atomic E-state index is 0.145. The van der Waals surface area contributed by atoms with E-state index in [4.69, 9.17) is 5.73 Å². The molecule has 2 heteroatoms. The molecular weight excluding hydrogens is 249 g/mol. The van der Waals surface area contributed by atoms with Crippen molar-refractivity contribution in [3.8, 4) is 0 Å². The molecule has 0 spiro atoms. The van der Waals surface area contributed by atoms with Crippen LogP contribution in [0.5, 0.6) is 0 Å². The zero-order chi connectivity index (χ0) is 14.8. The second-order valence-corrected chi connectivity index (χ2v) is 6.28. The highest BCUT2D eigenvalue weighted by molar-refractivity contribution is 5.29. The van der Waals surface area contributed by atoms with Crippen LogP contribution in [0.4, 0.5) is 4.39 Å². The molecular formula is C18H22FN. The van der Waals surface area contributed by atoms with Crippen molar-refractivity contribution in [1.29, 1.82) is 0 Å². The molecule has 1 unspecified atom stereocenters. The fourth-order valence-corrected chi connectivity index (χ4v) is 2.28. The molecule has 0 saturated carbocycles. The Bertz CT molecular complexity index is 567. The van der Waals surface area contributed by atoms with E-state index >= 15 is 0 Å². The third-order valence-corrected chi connectivity index (χ3v) is 3.58. The summed E-state index contributed by atoms with van der Waals surface area (Å²) < 4.78 is 13.7. The SMILES string of the molecule is CC(C)(C)c1ccc(CC(N)c2ccccc2F)cc1. The maximum Gasteiger partial charge on any atom is 0.127 e. The van der Waals surface area contributed by atoms with Crippen LogP contribution in [0.15, 0.2) is 48.5 Å². The van der Waals surface area contributed by atoms with Crippen molar-refractivity contribution in [1.82, 2.24) is 0 Å². The molecule has 106 valence electrons. The van der Waals surface area contributed by atoms with Gasteiger partial charge in [-0.1, -0.05) is 63.2 Å². The van der Waals surface area contributed by atoms with Gasteiger partial charge in [0.25, 0.3) is 0 Å². The molecule has 2 aromatic rings. The monoisotopic (exact) mass is 271 g/mol. The van der Waals surface area contributed by atoms with Crippen molar-refractivity contribution in [3.63, 3.8) is 0 Å². The standard InChI is InChI=1S/C18H22FN/c1-18(2,3)14-10-8-13(9-11-14)12-17(20)15-6-4-5-7-16(15)19/h4-11,17H,12,20H2,1-3H3. The molecule has 1 nitrogen and oxygen atoms in total. The fourth-order valence-electron chi connectivity index (χ4n) is 2.28. The van der Waals surface area contributed by atoms with Crippen LogP contribution < -0.4 is 5.73 Å². The molecule has 0 aliphatic carbocycles. The molecule has 1 atom stereocenters. The smallest absolute Gasteiger partial charge is 0.127 e. The summed E-state index contributed by atoms with van der Waals surface area (Å²) in [5, 5.41) is 0. The topological polar surface area (TPSA) is 26.0 Å².